The van der Waals surface area contributed by atoms with Gasteiger partial charge in [-0.2, -0.15) is 0 Å². The highest BCUT2D eigenvalue weighted by Crippen LogP contribution is 2.20. The van der Waals surface area contributed by atoms with Crippen molar-refractivity contribution < 1.29 is 9.59 Å². The molecule has 2 amide bonds. The lowest BCUT2D eigenvalue weighted by Crippen LogP contribution is -2.18. The number of benzene rings is 1. The molecule has 2 heterocycles. The van der Waals surface area contributed by atoms with E-state index in [0.29, 0.717) is 17.3 Å². The standard InChI is InChI=1S/C17H16BrN5O2/c1-11-10-12(5-6-13(11)18)19-15(24)7-8-16(25)20-17-22-21-14-4-2-3-9-23(14)17/h2-6,9-10H,7-8H2,1H3,(H,19,24)(H,20,22,25). The summed E-state index contributed by atoms with van der Waals surface area (Å²) in [6.45, 7) is 1.94. The third-order valence-corrected chi connectivity index (χ3v) is 4.48. The van der Waals surface area contributed by atoms with Crippen LogP contribution in [0.1, 0.15) is 18.4 Å². The number of hydrogen-bond donors (Lipinski definition) is 2. The van der Waals surface area contributed by atoms with Gasteiger partial charge < -0.3 is 5.32 Å². The molecule has 0 radical (unpaired) electrons. The van der Waals surface area contributed by atoms with E-state index >= 15 is 0 Å². The van der Waals surface area contributed by atoms with Crippen molar-refractivity contribution in [2.75, 3.05) is 10.6 Å². The van der Waals surface area contributed by atoms with E-state index in [1.165, 1.54) is 0 Å². The molecule has 2 aromatic heterocycles. The van der Waals surface area contributed by atoms with E-state index in [-0.39, 0.29) is 24.7 Å². The van der Waals surface area contributed by atoms with Gasteiger partial charge in [0.1, 0.15) is 0 Å². The molecule has 0 aliphatic heterocycles. The Morgan fingerprint density at radius 2 is 1.84 bits per heavy atom. The van der Waals surface area contributed by atoms with Gasteiger partial charge >= 0.3 is 0 Å². The van der Waals surface area contributed by atoms with Crippen LogP contribution >= 0.6 is 15.9 Å². The molecule has 0 saturated heterocycles. The molecule has 0 aliphatic carbocycles. The van der Waals surface area contributed by atoms with Gasteiger partial charge in [-0.05, 0) is 42.8 Å². The van der Waals surface area contributed by atoms with Gasteiger partial charge in [-0.25, -0.2) is 0 Å². The van der Waals surface area contributed by atoms with Crippen molar-refractivity contribution in [3.05, 3.63) is 52.6 Å². The summed E-state index contributed by atoms with van der Waals surface area (Å²) < 4.78 is 2.65. The molecular weight excluding hydrogens is 386 g/mol. The Kier molecular flexibility index (Phi) is 5.08. The molecule has 0 aliphatic rings. The second-order valence-electron chi connectivity index (χ2n) is 5.51. The smallest absolute Gasteiger partial charge is 0.235 e. The van der Waals surface area contributed by atoms with Crippen LogP contribution in [0.15, 0.2) is 47.1 Å². The van der Waals surface area contributed by atoms with Crippen molar-refractivity contribution in [3.63, 3.8) is 0 Å². The van der Waals surface area contributed by atoms with Crippen molar-refractivity contribution in [1.82, 2.24) is 14.6 Å². The minimum Gasteiger partial charge on any atom is -0.326 e. The first-order valence-electron chi connectivity index (χ1n) is 7.68. The van der Waals surface area contributed by atoms with Gasteiger partial charge in [0.05, 0.1) is 0 Å². The molecule has 1 aromatic carbocycles. The number of nitrogens with one attached hydrogen (secondary N) is 2. The number of fused-ring (bicyclic) bond motifs is 1. The lowest BCUT2D eigenvalue weighted by Gasteiger charge is -2.07. The zero-order valence-corrected chi connectivity index (χ0v) is 15.1. The molecule has 128 valence electrons. The van der Waals surface area contributed by atoms with Gasteiger partial charge in [0.15, 0.2) is 5.65 Å². The van der Waals surface area contributed by atoms with E-state index in [1.807, 2.05) is 31.2 Å². The monoisotopic (exact) mass is 401 g/mol. The van der Waals surface area contributed by atoms with Gasteiger partial charge in [-0.15, -0.1) is 10.2 Å². The van der Waals surface area contributed by atoms with Crippen LogP contribution in [0.25, 0.3) is 5.65 Å². The Hall–Kier alpha value is -2.74. The number of aromatic nitrogens is 3. The summed E-state index contributed by atoms with van der Waals surface area (Å²) in [4.78, 5) is 24.0. The SMILES string of the molecule is Cc1cc(NC(=O)CCC(=O)Nc2nnc3ccccn23)ccc1Br. The maximum Gasteiger partial charge on any atom is 0.235 e. The van der Waals surface area contributed by atoms with Crippen molar-refractivity contribution >= 4 is 45.0 Å². The van der Waals surface area contributed by atoms with Gasteiger partial charge in [-0.3, -0.25) is 19.3 Å². The average molecular weight is 402 g/mol. The van der Waals surface area contributed by atoms with Crippen LogP contribution in [-0.4, -0.2) is 26.4 Å². The normalized spacial score (nSPS) is 10.6. The Labute approximate surface area is 152 Å². The fraction of sp³-hybridized carbons (Fsp3) is 0.176. The van der Waals surface area contributed by atoms with Crippen LogP contribution in [0.2, 0.25) is 0 Å². The Bertz CT molecular complexity index is 938. The number of amides is 2. The summed E-state index contributed by atoms with van der Waals surface area (Å²) in [5.41, 5.74) is 2.37. The van der Waals surface area contributed by atoms with Crippen LogP contribution in [0.4, 0.5) is 11.6 Å². The van der Waals surface area contributed by atoms with E-state index in [4.69, 9.17) is 0 Å². The highest BCUT2D eigenvalue weighted by molar-refractivity contribution is 9.10. The molecule has 8 heteroatoms. The number of halogens is 1. The second-order valence-corrected chi connectivity index (χ2v) is 6.37. The molecule has 0 atom stereocenters. The van der Waals surface area contributed by atoms with Crippen molar-refractivity contribution in [2.24, 2.45) is 0 Å². The number of pyridine rings is 1. The van der Waals surface area contributed by atoms with E-state index < -0.39 is 0 Å². The summed E-state index contributed by atoms with van der Waals surface area (Å²) in [5.74, 6) is -0.173. The molecule has 3 rings (SSSR count). The maximum atomic E-state index is 12.0. The van der Waals surface area contributed by atoms with Gasteiger partial charge in [0.2, 0.25) is 17.8 Å². The second kappa shape index (κ2) is 7.43. The predicted octanol–water partition coefficient (Wildman–Crippen LogP) is 3.16. The number of hydrogen-bond acceptors (Lipinski definition) is 4. The quantitative estimate of drug-likeness (QED) is 0.686. The first-order valence-corrected chi connectivity index (χ1v) is 8.48. The lowest BCUT2D eigenvalue weighted by molar-refractivity contribution is -0.121. The van der Waals surface area contributed by atoms with Crippen molar-refractivity contribution in [2.45, 2.75) is 19.8 Å². The minimum absolute atomic E-state index is 0.0586. The molecule has 25 heavy (non-hydrogen) atoms. The Balaban J connectivity index is 1.53. The highest BCUT2D eigenvalue weighted by atomic mass is 79.9. The van der Waals surface area contributed by atoms with E-state index in [9.17, 15) is 9.59 Å². The van der Waals surface area contributed by atoms with Crippen LogP contribution in [-0.2, 0) is 9.59 Å². The maximum absolute atomic E-state index is 12.0. The van der Waals surface area contributed by atoms with Crippen molar-refractivity contribution in [1.29, 1.82) is 0 Å². The molecule has 0 unspecified atom stereocenters. The van der Waals surface area contributed by atoms with E-state index in [0.717, 1.165) is 10.0 Å². The van der Waals surface area contributed by atoms with E-state index in [2.05, 4.69) is 36.8 Å². The molecule has 0 fully saturated rings. The van der Waals surface area contributed by atoms with Crippen LogP contribution in [0.3, 0.4) is 0 Å². The van der Waals surface area contributed by atoms with Crippen LogP contribution < -0.4 is 10.6 Å². The Morgan fingerprint density at radius 1 is 1.08 bits per heavy atom. The fourth-order valence-corrected chi connectivity index (χ4v) is 2.53. The number of carbonyl (C=O) groups is 2. The average Bonchev–Trinajstić information content (AvgIpc) is 2.99. The number of aryl methyl sites for hydroxylation is 1. The van der Waals surface area contributed by atoms with Gasteiger partial charge in [0.25, 0.3) is 0 Å². The number of rotatable bonds is 5. The molecule has 0 spiro atoms. The highest BCUT2D eigenvalue weighted by Gasteiger charge is 2.11. The number of anilines is 2. The first-order chi connectivity index (χ1) is 12.0. The zero-order valence-electron chi connectivity index (χ0n) is 13.5. The third kappa shape index (κ3) is 4.21. The van der Waals surface area contributed by atoms with Crippen LogP contribution in [0, 0.1) is 6.92 Å². The topological polar surface area (TPSA) is 88.4 Å². The molecule has 0 bridgehead atoms. The van der Waals surface area contributed by atoms with Gasteiger partial charge in [0, 0.05) is 29.2 Å². The van der Waals surface area contributed by atoms with Crippen molar-refractivity contribution in [3.8, 4) is 0 Å². The summed E-state index contributed by atoms with van der Waals surface area (Å²) in [6.07, 6.45) is 1.90. The lowest BCUT2D eigenvalue weighted by atomic mass is 10.2. The largest absolute Gasteiger partial charge is 0.326 e. The molecule has 0 saturated carbocycles. The van der Waals surface area contributed by atoms with Crippen LogP contribution in [0.5, 0.6) is 0 Å². The molecule has 2 N–H and O–H groups in total. The number of carbonyl (C=O) groups excluding carboxylic acids is 2. The fourth-order valence-electron chi connectivity index (χ4n) is 2.29. The summed E-state index contributed by atoms with van der Waals surface area (Å²) in [7, 11) is 0. The molecule has 7 nitrogen and oxygen atoms in total. The Morgan fingerprint density at radius 3 is 2.60 bits per heavy atom. The van der Waals surface area contributed by atoms with Gasteiger partial charge in [-0.1, -0.05) is 22.0 Å². The summed E-state index contributed by atoms with van der Waals surface area (Å²) in [6, 6.07) is 11.0. The summed E-state index contributed by atoms with van der Waals surface area (Å²) >= 11 is 3.41. The van der Waals surface area contributed by atoms with E-state index in [1.54, 1.807) is 22.7 Å². The molecule has 3 aromatic rings. The zero-order chi connectivity index (χ0) is 17.8. The number of nitrogens with zero attached hydrogens (tertiary/aromatic N) is 3. The minimum atomic E-state index is -0.291. The third-order valence-electron chi connectivity index (χ3n) is 3.59. The summed E-state index contributed by atoms with van der Waals surface area (Å²) in [5, 5.41) is 13.3. The first kappa shape index (κ1) is 17.1. The predicted molar refractivity (Wildman–Crippen MR) is 98.4 cm³/mol. The molecular formula is C17H16BrN5O2.